The number of anilines is 1. The van der Waals surface area contributed by atoms with E-state index in [0.29, 0.717) is 24.3 Å². The van der Waals surface area contributed by atoms with Crippen molar-refractivity contribution in [2.24, 2.45) is 0 Å². The maximum atomic E-state index is 12.4. The van der Waals surface area contributed by atoms with Crippen LogP contribution < -0.4 is 16.2 Å². The molecule has 2 unspecified atom stereocenters. The van der Waals surface area contributed by atoms with Gasteiger partial charge in [0.1, 0.15) is 6.04 Å². The van der Waals surface area contributed by atoms with E-state index >= 15 is 0 Å². The molecule has 0 bridgehead atoms. The predicted molar refractivity (Wildman–Crippen MR) is 92.7 cm³/mol. The Morgan fingerprint density at radius 2 is 2.00 bits per heavy atom. The average Bonchev–Trinajstić information content (AvgIpc) is 3.13. The van der Waals surface area contributed by atoms with Crippen molar-refractivity contribution in [2.45, 2.75) is 25.4 Å². The number of nitrogens with zero attached hydrogens (tertiary/aromatic N) is 1. The van der Waals surface area contributed by atoms with Crippen molar-refractivity contribution in [2.75, 3.05) is 11.9 Å². The smallest absolute Gasteiger partial charge is 0.338 e. The topological polar surface area (TPSA) is 92.3 Å². The Labute approximate surface area is 145 Å². The molecule has 2 atom stereocenters. The molecule has 3 rings (SSSR count). The summed E-state index contributed by atoms with van der Waals surface area (Å²) < 4.78 is 4.93. The highest BCUT2D eigenvalue weighted by atomic mass is 16.5. The summed E-state index contributed by atoms with van der Waals surface area (Å²) in [5.74, 6) is -0.518. The largest absolute Gasteiger partial charge is 0.462 e. The van der Waals surface area contributed by atoms with Crippen molar-refractivity contribution in [3.8, 4) is 0 Å². The third-order valence-electron chi connectivity index (χ3n) is 3.93. The number of benzene rings is 1. The van der Waals surface area contributed by atoms with Crippen LogP contribution in [0.1, 0.15) is 35.4 Å². The van der Waals surface area contributed by atoms with Crippen LogP contribution in [0, 0.1) is 0 Å². The normalized spacial score (nSPS) is 19.4. The van der Waals surface area contributed by atoms with Gasteiger partial charge in [-0.25, -0.2) is 15.6 Å². The van der Waals surface area contributed by atoms with E-state index in [2.05, 4.69) is 21.2 Å². The van der Waals surface area contributed by atoms with E-state index in [1.807, 2.05) is 18.2 Å². The molecule has 1 aromatic carbocycles. The molecule has 1 aliphatic heterocycles. The Balaban J connectivity index is 1.57. The molecular weight excluding hydrogens is 320 g/mol. The molecule has 1 amide bonds. The number of hydrogen-bond acceptors (Lipinski definition) is 6. The van der Waals surface area contributed by atoms with Gasteiger partial charge in [-0.05, 0) is 49.7 Å². The molecule has 3 N–H and O–H groups in total. The second-order valence-corrected chi connectivity index (χ2v) is 5.67. The summed E-state index contributed by atoms with van der Waals surface area (Å²) in [7, 11) is 0. The predicted octanol–water partition coefficient (Wildman–Crippen LogP) is 1.80. The number of hydrazine groups is 1. The summed E-state index contributed by atoms with van der Waals surface area (Å²) in [4.78, 5) is 28.3. The first kappa shape index (κ1) is 17.1. The Morgan fingerprint density at radius 3 is 2.68 bits per heavy atom. The molecule has 0 radical (unpaired) electrons. The zero-order chi connectivity index (χ0) is 17.6. The highest BCUT2D eigenvalue weighted by molar-refractivity contribution is 5.96. The summed E-state index contributed by atoms with van der Waals surface area (Å²) >= 11 is 0. The molecule has 2 aromatic rings. The van der Waals surface area contributed by atoms with Gasteiger partial charge in [0.05, 0.1) is 23.9 Å². The Hall–Kier alpha value is -2.77. The van der Waals surface area contributed by atoms with Crippen molar-refractivity contribution in [1.82, 2.24) is 15.8 Å². The minimum absolute atomic E-state index is 0.0110. The highest BCUT2D eigenvalue weighted by Crippen LogP contribution is 2.21. The molecule has 25 heavy (non-hydrogen) atoms. The van der Waals surface area contributed by atoms with Crippen LogP contribution in [0.15, 0.2) is 48.7 Å². The zero-order valence-corrected chi connectivity index (χ0v) is 13.9. The van der Waals surface area contributed by atoms with Gasteiger partial charge in [0.25, 0.3) is 0 Å². The first-order valence-electron chi connectivity index (χ1n) is 8.17. The summed E-state index contributed by atoms with van der Waals surface area (Å²) in [5.41, 5.74) is 8.06. The number of carbonyl (C=O) groups excluding carboxylic acids is 2. The van der Waals surface area contributed by atoms with Crippen LogP contribution in [0.3, 0.4) is 0 Å². The lowest BCUT2D eigenvalue weighted by atomic mass is 10.1. The summed E-state index contributed by atoms with van der Waals surface area (Å²) in [5, 5.41) is 2.84. The standard InChI is InChI=1S/C18H20N4O3/c1-2-25-18(24)12-6-8-13(9-7-12)20-17(23)16-11-15(21-22-16)14-5-3-4-10-19-14/h3-10,15-16,21-22H,2,11H2,1H3,(H,20,23). The van der Waals surface area contributed by atoms with Gasteiger partial charge >= 0.3 is 5.97 Å². The number of amides is 1. The van der Waals surface area contributed by atoms with Gasteiger partial charge in [-0.1, -0.05) is 6.07 Å². The van der Waals surface area contributed by atoms with E-state index in [-0.39, 0.29) is 24.0 Å². The molecule has 1 aliphatic rings. The van der Waals surface area contributed by atoms with Crippen LogP contribution in [0.4, 0.5) is 5.69 Å². The van der Waals surface area contributed by atoms with Gasteiger partial charge in [-0.15, -0.1) is 0 Å². The monoisotopic (exact) mass is 340 g/mol. The first-order chi connectivity index (χ1) is 12.2. The van der Waals surface area contributed by atoms with Crippen molar-refractivity contribution in [3.05, 3.63) is 59.9 Å². The number of esters is 1. The molecule has 1 aromatic heterocycles. The highest BCUT2D eigenvalue weighted by Gasteiger charge is 2.30. The van der Waals surface area contributed by atoms with Gasteiger partial charge < -0.3 is 10.1 Å². The maximum Gasteiger partial charge on any atom is 0.338 e. The zero-order valence-electron chi connectivity index (χ0n) is 13.9. The number of ether oxygens (including phenoxy) is 1. The van der Waals surface area contributed by atoms with Crippen LogP contribution in [0.5, 0.6) is 0 Å². The number of aromatic nitrogens is 1. The lowest BCUT2D eigenvalue weighted by molar-refractivity contribution is -0.117. The van der Waals surface area contributed by atoms with Crippen molar-refractivity contribution < 1.29 is 14.3 Å². The van der Waals surface area contributed by atoms with Crippen LogP contribution in [0.2, 0.25) is 0 Å². The molecule has 1 fully saturated rings. The van der Waals surface area contributed by atoms with Gasteiger partial charge in [0, 0.05) is 11.9 Å². The van der Waals surface area contributed by atoms with Crippen LogP contribution in [-0.2, 0) is 9.53 Å². The van der Waals surface area contributed by atoms with E-state index in [9.17, 15) is 9.59 Å². The van der Waals surface area contributed by atoms with Crippen LogP contribution >= 0.6 is 0 Å². The molecule has 7 heteroatoms. The third kappa shape index (κ3) is 4.20. The van der Waals surface area contributed by atoms with Crippen molar-refractivity contribution in [1.29, 1.82) is 0 Å². The first-order valence-corrected chi connectivity index (χ1v) is 8.17. The molecule has 130 valence electrons. The SMILES string of the molecule is CCOC(=O)c1ccc(NC(=O)C2CC(c3ccccn3)NN2)cc1. The molecule has 7 nitrogen and oxygen atoms in total. The number of carbonyl (C=O) groups is 2. The van der Waals surface area contributed by atoms with Crippen LogP contribution in [0.25, 0.3) is 0 Å². The number of nitrogens with one attached hydrogen (secondary N) is 3. The minimum atomic E-state index is -0.375. The fourth-order valence-corrected chi connectivity index (χ4v) is 2.64. The van der Waals surface area contributed by atoms with E-state index in [0.717, 1.165) is 5.69 Å². The molecular formula is C18H20N4O3. The van der Waals surface area contributed by atoms with Gasteiger partial charge in [-0.2, -0.15) is 0 Å². The lowest BCUT2D eigenvalue weighted by Gasteiger charge is -2.11. The number of pyridine rings is 1. The molecule has 0 spiro atoms. The minimum Gasteiger partial charge on any atom is -0.462 e. The van der Waals surface area contributed by atoms with Gasteiger partial charge in [0.2, 0.25) is 5.91 Å². The summed E-state index contributed by atoms with van der Waals surface area (Å²) in [6, 6.07) is 12.0. The number of rotatable bonds is 5. The van der Waals surface area contributed by atoms with Crippen LogP contribution in [-0.4, -0.2) is 29.5 Å². The van der Waals surface area contributed by atoms with E-state index < -0.39 is 0 Å². The van der Waals surface area contributed by atoms with E-state index in [1.165, 1.54) is 0 Å². The fraction of sp³-hybridized carbons (Fsp3) is 0.278. The Bertz CT molecular complexity index is 734. The third-order valence-corrected chi connectivity index (χ3v) is 3.93. The molecule has 1 saturated heterocycles. The molecule has 0 aliphatic carbocycles. The Kier molecular flexibility index (Phi) is 5.37. The number of hydrogen-bond donors (Lipinski definition) is 3. The summed E-state index contributed by atoms with van der Waals surface area (Å²) in [6.45, 7) is 2.09. The van der Waals surface area contributed by atoms with Crippen molar-refractivity contribution in [3.63, 3.8) is 0 Å². The quantitative estimate of drug-likeness (QED) is 0.719. The van der Waals surface area contributed by atoms with Crippen molar-refractivity contribution >= 4 is 17.6 Å². The van der Waals surface area contributed by atoms with Gasteiger partial charge in [-0.3, -0.25) is 9.78 Å². The fourth-order valence-electron chi connectivity index (χ4n) is 2.64. The van der Waals surface area contributed by atoms with Gasteiger partial charge in [0.15, 0.2) is 0 Å². The maximum absolute atomic E-state index is 12.4. The molecule has 0 saturated carbocycles. The summed E-state index contributed by atoms with van der Waals surface area (Å²) in [6.07, 6.45) is 2.33. The second kappa shape index (κ2) is 7.87. The van der Waals surface area contributed by atoms with E-state index in [1.54, 1.807) is 37.4 Å². The average molecular weight is 340 g/mol. The molecule has 2 heterocycles. The lowest BCUT2D eigenvalue weighted by Crippen LogP contribution is -2.39. The second-order valence-electron chi connectivity index (χ2n) is 5.67. The Morgan fingerprint density at radius 1 is 1.20 bits per heavy atom. The van der Waals surface area contributed by atoms with E-state index in [4.69, 9.17) is 4.74 Å².